The van der Waals surface area contributed by atoms with Crippen LogP contribution in [-0.4, -0.2) is 10.9 Å². The molecule has 0 aliphatic rings. The molecule has 1 aromatic carbocycles. The Bertz CT molecular complexity index is 502. The molecule has 0 amide bonds. The first kappa shape index (κ1) is 9.99. The second-order valence-electron chi connectivity index (χ2n) is 3.30. The van der Waals surface area contributed by atoms with Gasteiger partial charge in [0.15, 0.2) is 6.29 Å². The van der Waals surface area contributed by atoms with Crippen LogP contribution in [0.4, 0.5) is 0 Å². The number of hydrogen-bond acceptors (Lipinski definition) is 1. The normalized spacial score (nSPS) is 10.3. The average Bonchev–Trinajstić information content (AvgIpc) is 2.60. The monoisotopic (exact) mass is 219 g/mol. The van der Waals surface area contributed by atoms with Crippen LogP contribution in [0.5, 0.6) is 0 Å². The van der Waals surface area contributed by atoms with Crippen molar-refractivity contribution in [1.82, 2.24) is 4.57 Å². The van der Waals surface area contributed by atoms with Gasteiger partial charge in [-0.2, -0.15) is 0 Å². The highest BCUT2D eigenvalue weighted by Crippen LogP contribution is 2.28. The van der Waals surface area contributed by atoms with Crippen molar-refractivity contribution in [2.24, 2.45) is 7.05 Å². The van der Waals surface area contributed by atoms with Crippen LogP contribution in [0, 0.1) is 0 Å². The van der Waals surface area contributed by atoms with E-state index in [9.17, 15) is 4.79 Å². The van der Waals surface area contributed by atoms with Crippen molar-refractivity contribution in [2.75, 3.05) is 0 Å². The molecule has 1 heterocycles. The van der Waals surface area contributed by atoms with E-state index in [4.69, 9.17) is 11.6 Å². The summed E-state index contributed by atoms with van der Waals surface area (Å²) in [6.07, 6.45) is 0.834. The third kappa shape index (κ3) is 1.68. The van der Waals surface area contributed by atoms with E-state index >= 15 is 0 Å². The van der Waals surface area contributed by atoms with E-state index in [1.807, 2.05) is 41.9 Å². The molecule has 2 rings (SSSR count). The van der Waals surface area contributed by atoms with E-state index < -0.39 is 0 Å². The fourth-order valence-corrected chi connectivity index (χ4v) is 1.82. The van der Waals surface area contributed by atoms with Crippen LogP contribution in [0.25, 0.3) is 11.3 Å². The van der Waals surface area contributed by atoms with Crippen molar-refractivity contribution in [3.8, 4) is 11.3 Å². The summed E-state index contributed by atoms with van der Waals surface area (Å²) < 4.78 is 1.83. The van der Waals surface area contributed by atoms with Crippen molar-refractivity contribution in [3.05, 3.63) is 47.1 Å². The number of carbonyl (C=O) groups excluding carboxylic acids is 1. The first-order valence-corrected chi connectivity index (χ1v) is 4.97. The third-order valence-corrected chi connectivity index (χ3v) is 2.76. The van der Waals surface area contributed by atoms with E-state index in [0.29, 0.717) is 10.7 Å². The number of nitrogens with zero attached hydrogens (tertiary/aromatic N) is 1. The minimum atomic E-state index is 0.643. The topological polar surface area (TPSA) is 22.0 Å². The lowest BCUT2D eigenvalue weighted by Gasteiger charge is -2.06. The second kappa shape index (κ2) is 3.91. The van der Waals surface area contributed by atoms with Crippen molar-refractivity contribution in [1.29, 1.82) is 0 Å². The SMILES string of the molecule is Cn1c(C=O)ccc1-c1ccccc1Cl. The van der Waals surface area contributed by atoms with E-state index in [0.717, 1.165) is 17.5 Å². The number of benzene rings is 1. The van der Waals surface area contributed by atoms with Gasteiger partial charge in [-0.05, 0) is 18.2 Å². The molecule has 0 aliphatic carbocycles. The van der Waals surface area contributed by atoms with Gasteiger partial charge in [-0.25, -0.2) is 0 Å². The lowest BCUT2D eigenvalue weighted by molar-refractivity contribution is 0.111. The minimum absolute atomic E-state index is 0.643. The molecule has 0 saturated heterocycles. The Kier molecular flexibility index (Phi) is 2.60. The van der Waals surface area contributed by atoms with Crippen LogP contribution in [0.3, 0.4) is 0 Å². The highest BCUT2D eigenvalue weighted by Gasteiger charge is 2.08. The minimum Gasteiger partial charge on any atom is -0.341 e. The number of hydrogen-bond donors (Lipinski definition) is 0. The molecule has 15 heavy (non-hydrogen) atoms. The predicted molar refractivity (Wildman–Crippen MR) is 61.2 cm³/mol. The lowest BCUT2D eigenvalue weighted by atomic mass is 10.1. The zero-order valence-electron chi connectivity index (χ0n) is 8.27. The molecule has 0 spiro atoms. The third-order valence-electron chi connectivity index (χ3n) is 2.43. The van der Waals surface area contributed by atoms with Crippen molar-refractivity contribution < 1.29 is 4.79 Å². The average molecular weight is 220 g/mol. The molecule has 0 radical (unpaired) electrons. The molecule has 76 valence electrons. The van der Waals surface area contributed by atoms with Gasteiger partial charge in [0, 0.05) is 23.3 Å². The van der Waals surface area contributed by atoms with E-state index in [1.54, 1.807) is 6.07 Å². The molecule has 0 saturated carbocycles. The van der Waals surface area contributed by atoms with Crippen LogP contribution >= 0.6 is 11.6 Å². The Balaban J connectivity index is 2.59. The summed E-state index contributed by atoms with van der Waals surface area (Å²) in [5, 5.41) is 0.691. The van der Waals surface area contributed by atoms with Gasteiger partial charge >= 0.3 is 0 Å². The van der Waals surface area contributed by atoms with E-state index in [2.05, 4.69) is 0 Å². The van der Waals surface area contributed by atoms with Crippen LogP contribution in [0.1, 0.15) is 10.5 Å². The molecule has 0 atom stereocenters. The molecule has 0 fully saturated rings. The Labute approximate surface area is 93.1 Å². The molecule has 0 aliphatic heterocycles. The van der Waals surface area contributed by atoms with Gasteiger partial charge in [-0.3, -0.25) is 4.79 Å². The van der Waals surface area contributed by atoms with Crippen molar-refractivity contribution in [2.45, 2.75) is 0 Å². The number of halogens is 1. The first-order chi connectivity index (χ1) is 7.24. The summed E-state index contributed by atoms with van der Waals surface area (Å²) in [5.41, 5.74) is 2.53. The Morgan fingerprint density at radius 1 is 1.20 bits per heavy atom. The number of carbonyl (C=O) groups is 1. The molecule has 2 aromatic rings. The van der Waals surface area contributed by atoms with Crippen LogP contribution in [-0.2, 0) is 7.05 Å². The first-order valence-electron chi connectivity index (χ1n) is 4.60. The van der Waals surface area contributed by atoms with Gasteiger partial charge < -0.3 is 4.57 Å². The molecule has 0 N–H and O–H groups in total. The molecule has 0 unspecified atom stereocenters. The quantitative estimate of drug-likeness (QED) is 0.712. The summed E-state index contributed by atoms with van der Waals surface area (Å²) in [4.78, 5) is 10.7. The summed E-state index contributed by atoms with van der Waals surface area (Å²) in [5.74, 6) is 0. The fourth-order valence-electron chi connectivity index (χ4n) is 1.58. The number of rotatable bonds is 2. The molecular formula is C12H10ClNO. The van der Waals surface area contributed by atoms with Gasteiger partial charge in [0.2, 0.25) is 0 Å². The molecule has 0 bridgehead atoms. The van der Waals surface area contributed by atoms with Gasteiger partial charge in [0.05, 0.1) is 5.69 Å². The number of aromatic nitrogens is 1. The molecule has 2 nitrogen and oxygen atoms in total. The number of aldehydes is 1. The fraction of sp³-hybridized carbons (Fsp3) is 0.0833. The maximum absolute atomic E-state index is 10.7. The Morgan fingerprint density at radius 3 is 2.53 bits per heavy atom. The summed E-state index contributed by atoms with van der Waals surface area (Å²) in [7, 11) is 1.85. The zero-order valence-corrected chi connectivity index (χ0v) is 9.03. The maximum atomic E-state index is 10.7. The van der Waals surface area contributed by atoms with Gasteiger partial charge in [-0.1, -0.05) is 29.8 Å². The maximum Gasteiger partial charge on any atom is 0.166 e. The lowest BCUT2D eigenvalue weighted by Crippen LogP contribution is -1.96. The highest BCUT2D eigenvalue weighted by atomic mass is 35.5. The molecule has 1 aromatic heterocycles. The second-order valence-corrected chi connectivity index (χ2v) is 3.71. The standard InChI is InChI=1S/C12H10ClNO/c1-14-9(8-15)6-7-12(14)10-4-2-3-5-11(10)13/h2-8H,1H3. The van der Waals surface area contributed by atoms with Crippen LogP contribution in [0.15, 0.2) is 36.4 Å². The Hall–Kier alpha value is -1.54. The summed E-state index contributed by atoms with van der Waals surface area (Å²) >= 11 is 6.08. The zero-order chi connectivity index (χ0) is 10.8. The van der Waals surface area contributed by atoms with Gasteiger partial charge in [-0.15, -0.1) is 0 Å². The van der Waals surface area contributed by atoms with E-state index in [1.165, 1.54) is 0 Å². The predicted octanol–water partition coefficient (Wildman–Crippen LogP) is 3.16. The van der Waals surface area contributed by atoms with Crippen LogP contribution in [0.2, 0.25) is 5.02 Å². The Morgan fingerprint density at radius 2 is 1.93 bits per heavy atom. The van der Waals surface area contributed by atoms with Gasteiger partial charge in [0.1, 0.15) is 0 Å². The molecular weight excluding hydrogens is 210 g/mol. The van der Waals surface area contributed by atoms with Gasteiger partial charge in [0.25, 0.3) is 0 Å². The van der Waals surface area contributed by atoms with Crippen LogP contribution < -0.4 is 0 Å². The summed E-state index contributed by atoms with van der Waals surface area (Å²) in [6.45, 7) is 0. The van der Waals surface area contributed by atoms with Crippen molar-refractivity contribution in [3.63, 3.8) is 0 Å². The summed E-state index contributed by atoms with van der Waals surface area (Å²) in [6, 6.07) is 11.3. The van der Waals surface area contributed by atoms with E-state index in [-0.39, 0.29) is 0 Å². The smallest absolute Gasteiger partial charge is 0.166 e. The largest absolute Gasteiger partial charge is 0.341 e. The van der Waals surface area contributed by atoms with Crippen molar-refractivity contribution >= 4 is 17.9 Å². The molecule has 3 heteroatoms. The highest BCUT2D eigenvalue weighted by molar-refractivity contribution is 6.33.